The van der Waals surface area contributed by atoms with Crippen molar-refractivity contribution in [2.24, 2.45) is 0 Å². The van der Waals surface area contributed by atoms with Crippen molar-refractivity contribution in [2.75, 3.05) is 5.32 Å². The Morgan fingerprint density at radius 2 is 1.96 bits per heavy atom. The van der Waals surface area contributed by atoms with Gasteiger partial charge in [-0.25, -0.2) is 0 Å². The van der Waals surface area contributed by atoms with Gasteiger partial charge in [-0.2, -0.15) is 10.2 Å². The molecule has 5 nitrogen and oxygen atoms in total. The van der Waals surface area contributed by atoms with Crippen LogP contribution in [0.4, 0.5) is 5.69 Å². The maximum atomic E-state index is 4.23. The molecule has 0 unspecified atom stereocenters. The van der Waals surface area contributed by atoms with Crippen molar-refractivity contribution in [2.45, 2.75) is 13.1 Å². The molecule has 114 valence electrons. The number of aromatic nitrogens is 4. The molecular formula is C18H17N5. The minimum absolute atomic E-state index is 0.762. The molecule has 4 rings (SSSR count). The fourth-order valence-corrected chi connectivity index (χ4v) is 2.68. The Bertz CT molecular complexity index is 891. The molecule has 0 saturated carbocycles. The summed E-state index contributed by atoms with van der Waals surface area (Å²) >= 11 is 0. The van der Waals surface area contributed by atoms with Gasteiger partial charge in [0.05, 0.1) is 18.3 Å². The normalized spacial score (nSPS) is 11.0. The van der Waals surface area contributed by atoms with Crippen LogP contribution in [0, 0.1) is 0 Å². The van der Waals surface area contributed by atoms with Crippen LogP contribution in [0.1, 0.15) is 11.1 Å². The van der Waals surface area contributed by atoms with Crippen LogP contribution >= 0.6 is 0 Å². The Kier molecular flexibility index (Phi) is 3.52. The molecule has 2 N–H and O–H groups in total. The lowest BCUT2D eigenvalue weighted by Gasteiger charge is -2.09. The summed E-state index contributed by atoms with van der Waals surface area (Å²) in [5, 5.41) is 16.0. The Balaban J connectivity index is 1.44. The monoisotopic (exact) mass is 303 g/mol. The van der Waals surface area contributed by atoms with Crippen LogP contribution in [0.25, 0.3) is 10.9 Å². The number of hydrogen-bond donors (Lipinski definition) is 2. The standard InChI is InChI=1S/C18H17N5/c1-3-15(18-16(4-1)12-20-22-18)11-19-17-7-5-14(6-8-17)13-23-10-2-9-21-23/h1-10,12,19H,11,13H2,(H,20,22). The first kappa shape index (κ1) is 13.6. The van der Waals surface area contributed by atoms with Crippen LogP contribution in [0.15, 0.2) is 67.1 Å². The van der Waals surface area contributed by atoms with Gasteiger partial charge in [0.25, 0.3) is 0 Å². The predicted molar refractivity (Wildman–Crippen MR) is 91.2 cm³/mol. The molecule has 0 aliphatic heterocycles. The highest BCUT2D eigenvalue weighted by molar-refractivity contribution is 5.81. The smallest absolute Gasteiger partial charge is 0.0700 e. The lowest BCUT2D eigenvalue weighted by Crippen LogP contribution is -2.02. The predicted octanol–water partition coefficient (Wildman–Crippen LogP) is 3.42. The van der Waals surface area contributed by atoms with Crippen molar-refractivity contribution >= 4 is 16.6 Å². The van der Waals surface area contributed by atoms with E-state index in [-0.39, 0.29) is 0 Å². The summed E-state index contributed by atoms with van der Waals surface area (Å²) in [7, 11) is 0. The third-order valence-corrected chi connectivity index (χ3v) is 3.90. The summed E-state index contributed by atoms with van der Waals surface area (Å²) in [6, 6.07) is 16.6. The SMILES string of the molecule is c1cc(CNc2ccc(Cn3cccn3)cc2)c2[nH]ncc2c1. The highest BCUT2D eigenvalue weighted by Gasteiger charge is 2.02. The highest BCUT2D eigenvalue weighted by Crippen LogP contribution is 2.18. The third kappa shape index (κ3) is 2.94. The fourth-order valence-electron chi connectivity index (χ4n) is 2.68. The van der Waals surface area contributed by atoms with Crippen LogP contribution in [0.5, 0.6) is 0 Å². The van der Waals surface area contributed by atoms with Crippen molar-refractivity contribution in [3.05, 3.63) is 78.2 Å². The molecule has 0 aliphatic carbocycles. The van der Waals surface area contributed by atoms with Gasteiger partial charge in [0, 0.05) is 30.0 Å². The van der Waals surface area contributed by atoms with Crippen LogP contribution in [0.2, 0.25) is 0 Å². The number of anilines is 1. The molecule has 4 aromatic rings. The summed E-state index contributed by atoms with van der Waals surface area (Å²) in [6.45, 7) is 1.55. The van der Waals surface area contributed by atoms with E-state index in [1.807, 2.05) is 23.1 Å². The number of H-pyrrole nitrogens is 1. The van der Waals surface area contributed by atoms with Gasteiger partial charge < -0.3 is 5.32 Å². The van der Waals surface area contributed by atoms with E-state index in [1.54, 1.807) is 6.20 Å². The minimum Gasteiger partial charge on any atom is -0.381 e. The fraction of sp³-hybridized carbons (Fsp3) is 0.111. The average molecular weight is 303 g/mol. The molecule has 2 aromatic heterocycles. The van der Waals surface area contributed by atoms with Crippen LogP contribution < -0.4 is 5.32 Å². The minimum atomic E-state index is 0.762. The molecule has 0 atom stereocenters. The van der Waals surface area contributed by atoms with Crippen LogP contribution in [0.3, 0.4) is 0 Å². The van der Waals surface area contributed by atoms with E-state index >= 15 is 0 Å². The summed E-state index contributed by atoms with van der Waals surface area (Å²) in [4.78, 5) is 0. The molecule has 0 spiro atoms. The second-order valence-electron chi connectivity index (χ2n) is 5.51. The molecule has 23 heavy (non-hydrogen) atoms. The number of benzene rings is 2. The number of rotatable bonds is 5. The first-order valence-corrected chi connectivity index (χ1v) is 7.60. The van der Waals surface area contributed by atoms with Crippen LogP contribution in [-0.4, -0.2) is 20.0 Å². The molecule has 0 bridgehead atoms. The molecule has 5 heteroatoms. The zero-order valence-corrected chi connectivity index (χ0v) is 12.6. The Hall–Kier alpha value is -3.08. The van der Waals surface area contributed by atoms with E-state index in [1.165, 1.54) is 11.1 Å². The number of nitrogens with one attached hydrogen (secondary N) is 2. The molecule has 0 amide bonds. The van der Waals surface area contributed by atoms with Crippen molar-refractivity contribution in [1.82, 2.24) is 20.0 Å². The van der Waals surface area contributed by atoms with Crippen molar-refractivity contribution in [3.63, 3.8) is 0 Å². The number of nitrogens with zero attached hydrogens (tertiary/aromatic N) is 3. The van der Waals surface area contributed by atoms with Crippen molar-refractivity contribution < 1.29 is 0 Å². The van der Waals surface area contributed by atoms with Gasteiger partial charge in [0.1, 0.15) is 0 Å². The topological polar surface area (TPSA) is 58.5 Å². The van der Waals surface area contributed by atoms with E-state index < -0.39 is 0 Å². The van der Waals surface area contributed by atoms with E-state index in [0.29, 0.717) is 0 Å². The van der Waals surface area contributed by atoms with E-state index in [2.05, 4.69) is 63.1 Å². The first-order valence-electron chi connectivity index (χ1n) is 7.60. The van der Waals surface area contributed by atoms with E-state index in [9.17, 15) is 0 Å². The molecule has 2 heterocycles. The lowest BCUT2D eigenvalue weighted by molar-refractivity contribution is 0.687. The lowest BCUT2D eigenvalue weighted by atomic mass is 10.1. The number of hydrogen-bond acceptors (Lipinski definition) is 3. The average Bonchev–Trinajstić information content (AvgIpc) is 3.25. The maximum absolute atomic E-state index is 4.23. The van der Waals surface area contributed by atoms with Crippen LogP contribution in [-0.2, 0) is 13.1 Å². The number of aromatic amines is 1. The number of para-hydroxylation sites is 1. The zero-order chi connectivity index (χ0) is 15.5. The second-order valence-corrected chi connectivity index (χ2v) is 5.51. The molecule has 2 aromatic carbocycles. The quantitative estimate of drug-likeness (QED) is 0.594. The summed E-state index contributed by atoms with van der Waals surface area (Å²) in [5.41, 5.74) is 4.64. The summed E-state index contributed by atoms with van der Waals surface area (Å²) < 4.78 is 1.92. The Morgan fingerprint density at radius 1 is 1.04 bits per heavy atom. The maximum Gasteiger partial charge on any atom is 0.0700 e. The Morgan fingerprint density at radius 3 is 2.78 bits per heavy atom. The van der Waals surface area contributed by atoms with E-state index in [4.69, 9.17) is 0 Å². The van der Waals surface area contributed by atoms with Crippen molar-refractivity contribution in [1.29, 1.82) is 0 Å². The number of fused-ring (bicyclic) bond motifs is 1. The summed E-state index contributed by atoms with van der Waals surface area (Å²) in [6.07, 6.45) is 5.62. The second kappa shape index (κ2) is 5.96. The van der Waals surface area contributed by atoms with Gasteiger partial charge in [-0.3, -0.25) is 9.78 Å². The van der Waals surface area contributed by atoms with Gasteiger partial charge in [-0.1, -0.05) is 30.3 Å². The third-order valence-electron chi connectivity index (χ3n) is 3.90. The van der Waals surface area contributed by atoms with Gasteiger partial charge >= 0.3 is 0 Å². The van der Waals surface area contributed by atoms with Crippen molar-refractivity contribution in [3.8, 4) is 0 Å². The van der Waals surface area contributed by atoms with Gasteiger partial charge in [-0.05, 0) is 29.3 Å². The molecule has 0 aliphatic rings. The van der Waals surface area contributed by atoms with Gasteiger partial charge in [0.2, 0.25) is 0 Å². The molecule has 0 radical (unpaired) electrons. The highest BCUT2D eigenvalue weighted by atomic mass is 15.3. The Labute approximate surface area is 134 Å². The van der Waals surface area contributed by atoms with E-state index in [0.717, 1.165) is 29.7 Å². The zero-order valence-electron chi connectivity index (χ0n) is 12.6. The molecule has 0 fully saturated rings. The van der Waals surface area contributed by atoms with Gasteiger partial charge in [-0.15, -0.1) is 0 Å². The molecule has 0 saturated heterocycles. The summed E-state index contributed by atoms with van der Waals surface area (Å²) in [5.74, 6) is 0. The van der Waals surface area contributed by atoms with Gasteiger partial charge in [0.15, 0.2) is 0 Å². The first-order chi connectivity index (χ1) is 11.4. The largest absolute Gasteiger partial charge is 0.381 e. The molecular weight excluding hydrogens is 286 g/mol.